The van der Waals surface area contributed by atoms with E-state index in [1.807, 2.05) is 35.2 Å². The van der Waals surface area contributed by atoms with Gasteiger partial charge in [-0.3, -0.25) is 0 Å². The van der Waals surface area contributed by atoms with Crippen molar-refractivity contribution in [2.24, 2.45) is 0 Å². The van der Waals surface area contributed by atoms with Crippen molar-refractivity contribution in [2.75, 3.05) is 0 Å². The second kappa shape index (κ2) is 4.19. The van der Waals surface area contributed by atoms with Gasteiger partial charge >= 0.3 is 0 Å². The van der Waals surface area contributed by atoms with E-state index in [0.717, 1.165) is 5.03 Å². The monoisotopic (exact) mass is 199 g/mol. The van der Waals surface area contributed by atoms with Gasteiger partial charge in [0.15, 0.2) is 0 Å². The molecule has 0 aliphatic carbocycles. The molecule has 0 unspecified atom stereocenters. The Labute approximate surface area is 81.8 Å². The highest BCUT2D eigenvalue weighted by Gasteiger charge is 2.11. The van der Waals surface area contributed by atoms with E-state index < -0.39 is 0 Å². The molecule has 1 aromatic heterocycles. The summed E-state index contributed by atoms with van der Waals surface area (Å²) in [5.74, 6) is 0. The van der Waals surface area contributed by atoms with Crippen molar-refractivity contribution >= 4 is 21.6 Å². The smallest absolute Gasteiger partial charge is 0.106 e. The fourth-order valence-electron chi connectivity index (χ4n) is 0.564. The van der Waals surface area contributed by atoms with Gasteiger partial charge in [-0.05, 0) is 22.9 Å². The Morgan fingerprint density at radius 1 is 1.25 bits per heavy atom. The Morgan fingerprint density at radius 2 is 2.00 bits per heavy atom. The zero-order valence-corrected chi connectivity index (χ0v) is 9.21. The molecule has 3 heteroatoms. The normalized spacial score (nSPS) is 11.6. The highest BCUT2D eigenvalue weighted by molar-refractivity contribution is 8.77. The number of nitrogens with zero attached hydrogens (tertiary/aromatic N) is 1. The van der Waals surface area contributed by atoms with Gasteiger partial charge in [0.05, 0.1) is 0 Å². The topological polar surface area (TPSA) is 12.9 Å². The lowest BCUT2D eigenvalue weighted by Crippen LogP contribution is -2.04. The standard InChI is InChI=1S/C9H13NS2/c1-9(2,3)12-11-8-6-4-5-7-10-8/h4-7H,1-3H3. The van der Waals surface area contributed by atoms with E-state index in [9.17, 15) is 0 Å². The minimum atomic E-state index is 0.294. The summed E-state index contributed by atoms with van der Waals surface area (Å²) >= 11 is 0. The van der Waals surface area contributed by atoms with Crippen LogP contribution in [0.5, 0.6) is 0 Å². The number of pyridine rings is 1. The lowest BCUT2D eigenvalue weighted by molar-refractivity contribution is 0.810. The fourth-order valence-corrected chi connectivity index (χ4v) is 2.44. The maximum atomic E-state index is 4.22. The summed E-state index contributed by atoms with van der Waals surface area (Å²) in [4.78, 5) is 4.22. The van der Waals surface area contributed by atoms with Gasteiger partial charge in [0.2, 0.25) is 0 Å². The maximum absolute atomic E-state index is 4.22. The zero-order chi connectivity index (χ0) is 9.03. The second-order valence-electron chi connectivity index (χ2n) is 3.45. The number of hydrogen-bond donors (Lipinski definition) is 0. The van der Waals surface area contributed by atoms with Crippen LogP contribution in [0.4, 0.5) is 0 Å². The summed E-state index contributed by atoms with van der Waals surface area (Å²) in [6.45, 7) is 6.61. The molecule has 0 spiro atoms. The second-order valence-corrected chi connectivity index (χ2v) is 6.42. The molecule has 0 saturated heterocycles. The predicted molar refractivity (Wildman–Crippen MR) is 57.4 cm³/mol. The summed E-state index contributed by atoms with van der Waals surface area (Å²) in [5, 5.41) is 1.08. The highest BCUT2D eigenvalue weighted by Crippen LogP contribution is 2.38. The molecular formula is C9H13NS2. The average Bonchev–Trinajstić information content (AvgIpc) is 2.02. The highest BCUT2D eigenvalue weighted by atomic mass is 33.1. The summed E-state index contributed by atoms with van der Waals surface area (Å²) in [5.41, 5.74) is 0. The first-order chi connectivity index (χ1) is 5.58. The molecule has 1 rings (SSSR count). The van der Waals surface area contributed by atoms with E-state index in [2.05, 4.69) is 25.8 Å². The third kappa shape index (κ3) is 4.02. The van der Waals surface area contributed by atoms with Crippen molar-refractivity contribution in [1.82, 2.24) is 4.98 Å². The molecule has 0 fully saturated rings. The van der Waals surface area contributed by atoms with E-state index in [4.69, 9.17) is 0 Å². The van der Waals surface area contributed by atoms with Crippen LogP contribution in [0.15, 0.2) is 29.4 Å². The molecule has 0 saturated carbocycles. The first kappa shape index (κ1) is 9.93. The first-order valence-electron chi connectivity index (χ1n) is 3.85. The van der Waals surface area contributed by atoms with Gasteiger partial charge in [-0.15, -0.1) is 0 Å². The molecule has 0 aliphatic heterocycles. The molecule has 0 amide bonds. The Balaban J connectivity index is 2.44. The van der Waals surface area contributed by atoms with Crippen molar-refractivity contribution < 1.29 is 0 Å². The minimum Gasteiger partial charge on any atom is -0.249 e. The number of aromatic nitrogens is 1. The third-order valence-electron chi connectivity index (χ3n) is 1.01. The van der Waals surface area contributed by atoms with Crippen molar-refractivity contribution in [2.45, 2.75) is 30.5 Å². The van der Waals surface area contributed by atoms with Gasteiger partial charge in [-0.1, -0.05) is 37.6 Å². The van der Waals surface area contributed by atoms with Gasteiger partial charge in [0.1, 0.15) is 5.03 Å². The van der Waals surface area contributed by atoms with Crippen LogP contribution in [0.1, 0.15) is 20.8 Å². The molecule has 1 heterocycles. The lowest BCUT2D eigenvalue weighted by Gasteiger charge is -2.15. The Bertz CT molecular complexity index is 228. The average molecular weight is 199 g/mol. The van der Waals surface area contributed by atoms with Crippen molar-refractivity contribution in [3.8, 4) is 0 Å². The summed E-state index contributed by atoms with van der Waals surface area (Å²) in [6, 6.07) is 5.98. The molecule has 0 N–H and O–H groups in total. The third-order valence-corrected chi connectivity index (χ3v) is 4.27. The molecule has 0 aliphatic rings. The quantitative estimate of drug-likeness (QED) is 0.675. The molecule has 1 nitrogen and oxygen atoms in total. The largest absolute Gasteiger partial charge is 0.249 e. The Kier molecular flexibility index (Phi) is 3.47. The SMILES string of the molecule is CC(C)(C)SSc1ccccn1. The van der Waals surface area contributed by atoms with Gasteiger partial charge < -0.3 is 0 Å². The molecule has 0 atom stereocenters. The van der Waals surface area contributed by atoms with Crippen LogP contribution in [0, 0.1) is 0 Å². The van der Waals surface area contributed by atoms with Crippen LogP contribution in [0.25, 0.3) is 0 Å². The molecule has 0 radical (unpaired) electrons. The summed E-state index contributed by atoms with van der Waals surface area (Å²) in [6.07, 6.45) is 1.82. The van der Waals surface area contributed by atoms with Crippen molar-refractivity contribution in [3.63, 3.8) is 0 Å². The van der Waals surface area contributed by atoms with Crippen LogP contribution in [-0.2, 0) is 0 Å². The van der Waals surface area contributed by atoms with E-state index >= 15 is 0 Å². The van der Waals surface area contributed by atoms with Crippen LogP contribution in [-0.4, -0.2) is 9.73 Å². The van der Waals surface area contributed by atoms with Gasteiger partial charge in [0.25, 0.3) is 0 Å². The van der Waals surface area contributed by atoms with Crippen LogP contribution >= 0.6 is 21.6 Å². The molecule has 12 heavy (non-hydrogen) atoms. The van der Waals surface area contributed by atoms with Crippen molar-refractivity contribution in [3.05, 3.63) is 24.4 Å². The van der Waals surface area contributed by atoms with Crippen molar-refractivity contribution in [1.29, 1.82) is 0 Å². The van der Waals surface area contributed by atoms with E-state index in [1.165, 1.54) is 0 Å². The summed E-state index contributed by atoms with van der Waals surface area (Å²) < 4.78 is 0.294. The lowest BCUT2D eigenvalue weighted by atomic mass is 10.3. The molecule has 0 aromatic carbocycles. The molecule has 1 aromatic rings. The van der Waals surface area contributed by atoms with Crippen LogP contribution < -0.4 is 0 Å². The maximum Gasteiger partial charge on any atom is 0.106 e. The van der Waals surface area contributed by atoms with E-state index in [0.29, 0.717) is 4.75 Å². The van der Waals surface area contributed by atoms with E-state index in [1.54, 1.807) is 10.8 Å². The van der Waals surface area contributed by atoms with Gasteiger partial charge in [0, 0.05) is 10.9 Å². The van der Waals surface area contributed by atoms with Crippen LogP contribution in [0.3, 0.4) is 0 Å². The molecule has 66 valence electrons. The molecular weight excluding hydrogens is 186 g/mol. The van der Waals surface area contributed by atoms with E-state index in [-0.39, 0.29) is 0 Å². The zero-order valence-electron chi connectivity index (χ0n) is 7.57. The van der Waals surface area contributed by atoms with Gasteiger partial charge in [-0.25, -0.2) is 4.98 Å². The van der Waals surface area contributed by atoms with Gasteiger partial charge in [-0.2, -0.15) is 0 Å². The Morgan fingerprint density at radius 3 is 2.50 bits per heavy atom. The minimum absolute atomic E-state index is 0.294. The molecule has 0 bridgehead atoms. The summed E-state index contributed by atoms with van der Waals surface area (Å²) in [7, 11) is 3.57. The van der Waals surface area contributed by atoms with Crippen LogP contribution in [0.2, 0.25) is 0 Å². The first-order valence-corrected chi connectivity index (χ1v) is 6.00. The number of hydrogen-bond acceptors (Lipinski definition) is 3. The predicted octanol–water partition coefficient (Wildman–Crippen LogP) is 3.62. The Hall–Kier alpha value is -0.150. The number of rotatable bonds is 2. The fraction of sp³-hybridized carbons (Fsp3) is 0.444.